The van der Waals surface area contributed by atoms with Crippen molar-refractivity contribution in [1.82, 2.24) is 5.32 Å². The fourth-order valence-electron chi connectivity index (χ4n) is 2.07. The van der Waals surface area contributed by atoms with Crippen molar-refractivity contribution in [2.24, 2.45) is 4.99 Å². The number of carbonyl (C=O) groups is 3. The van der Waals surface area contributed by atoms with E-state index >= 15 is 0 Å². The number of carboxylic acid groups (broad SMARTS) is 1. The number of unbranched alkanes of at least 4 members (excludes halogenated alkanes) is 1. The molecule has 26 heavy (non-hydrogen) atoms. The largest absolute Gasteiger partial charge is 0.480 e. The van der Waals surface area contributed by atoms with Gasteiger partial charge >= 0.3 is 12.1 Å². The third kappa shape index (κ3) is 8.96. The summed E-state index contributed by atoms with van der Waals surface area (Å²) in [6.07, 6.45) is 3.36. The molecule has 0 saturated heterocycles. The second-order valence-electron chi connectivity index (χ2n) is 6.84. The Morgan fingerprint density at radius 2 is 1.81 bits per heavy atom. The molecule has 0 aliphatic heterocycles. The first-order valence-corrected chi connectivity index (χ1v) is 8.49. The molecule has 2 N–H and O–H groups in total. The maximum absolute atomic E-state index is 11.5. The molecule has 0 bridgehead atoms. The zero-order valence-corrected chi connectivity index (χ0v) is 15.4. The SMILES string of the molecule is CC(C)(C)OC(=O)NCCCC[C@H](N=Cc1ccc(C=O)cc1)C(=O)O. The molecule has 0 heterocycles. The van der Waals surface area contributed by atoms with E-state index in [1.165, 1.54) is 6.21 Å². The highest BCUT2D eigenvalue weighted by molar-refractivity contribution is 5.84. The van der Waals surface area contributed by atoms with Crippen LogP contribution < -0.4 is 5.32 Å². The lowest BCUT2D eigenvalue weighted by molar-refractivity contribution is -0.138. The standard InChI is InChI=1S/C19H26N2O5/c1-19(2,3)26-18(25)20-11-5-4-6-16(17(23)24)21-12-14-7-9-15(13-22)10-8-14/h7-10,12-13,16H,4-6,11H2,1-3H3,(H,20,25)(H,23,24)/t16-/m0/s1. The number of aldehydes is 1. The normalized spacial score (nSPS) is 12.6. The van der Waals surface area contributed by atoms with E-state index in [1.54, 1.807) is 45.0 Å². The highest BCUT2D eigenvalue weighted by Crippen LogP contribution is 2.08. The quantitative estimate of drug-likeness (QED) is 0.399. The van der Waals surface area contributed by atoms with Crippen LogP contribution in [0, 0.1) is 0 Å². The highest BCUT2D eigenvalue weighted by atomic mass is 16.6. The average molecular weight is 362 g/mol. The van der Waals surface area contributed by atoms with Crippen LogP contribution in [0.3, 0.4) is 0 Å². The second-order valence-corrected chi connectivity index (χ2v) is 6.84. The van der Waals surface area contributed by atoms with Gasteiger partial charge in [0.05, 0.1) is 0 Å². The first-order chi connectivity index (χ1) is 12.2. The Labute approximate surface area is 153 Å². The molecule has 1 rings (SSSR count). The highest BCUT2D eigenvalue weighted by Gasteiger charge is 2.16. The number of aliphatic carboxylic acids is 1. The van der Waals surface area contributed by atoms with E-state index in [0.717, 1.165) is 11.8 Å². The Morgan fingerprint density at radius 3 is 2.35 bits per heavy atom. The molecule has 1 aromatic carbocycles. The molecule has 0 aliphatic rings. The fourth-order valence-corrected chi connectivity index (χ4v) is 2.07. The number of alkyl carbamates (subject to hydrolysis) is 1. The van der Waals surface area contributed by atoms with E-state index in [-0.39, 0.29) is 0 Å². The topological polar surface area (TPSA) is 105 Å². The van der Waals surface area contributed by atoms with Gasteiger partial charge < -0.3 is 15.2 Å². The minimum absolute atomic E-state index is 0.369. The monoisotopic (exact) mass is 362 g/mol. The van der Waals surface area contributed by atoms with Crippen LogP contribution in [0.25, 0.3) is 0 Å². The van der Waals surface area contributed by atoms with Gasteiger partial charge in [0.15, 0.2) is 0 Å². The molecule has 0 saturated carbocycles. The molecule has 0 fully saturated rings. The van der Waals surface area contributed by atoms with Gasteiger partial charge in [-0.1, -0.05) is 24.3 Å². The van der Waals surface area contributed by atoms with Crippen LogP contribution in [0.1, 0.15) is 56.0 Å². The van der Waals surface area contributed by atoms with Gasteiger partial charge in [0.2, 0.25) is 0 Å². The van der Waals surface area contributed by atoms with Crippen LogP contribution in [0.5, 0.6) is 0 Å². The lowest BCUT2D eigenvalue weighted by Crippen LogP contribution is -2.33. The number of hydrogen-bond donors (Lipinski definition) is 2. The molecular formula is C19H26N2O5. The van der Waals surface area contributed by atoms with Crippen molar-refractivity contribution < 1.29 is 24.2 Å². The van der Waals surface area contributed by atoms with E-state index in [2.05, 4.69) is 10.3 Å². The number of aliphatic imine (C=N–C) groups is 1. The van der Waals surface area contributed by atoms with Gasteiger partial charge in [0.25, 0.3) is 0 Å². The third-order valence-electron chi connectivity index (χ3n) is 3.33. The van der Waals surface area contributed by atoms with E-state index in [1.807, 2.05) is 0 Å². The molecule has 142 valence electrons. The summed E-state index contributed by atoms with van der Waals surface area (Å²) in [7, 11) is 0. The molecule has 0 aromatic heterocycles. The van der Waals surface area contributed by atoms with Gasteiger partial charge in [-0.05, 0) is 45.6 Å². The molecule has 7 nitrogen and oxygen atoms in total. The molecular weight excluding hydrogens is 336 g/mol. The first kappa shape index (κ1) is 21.3. The zero-order chi connectivity index (χ0) is 19.6. The van der Waals surface area contributed by atoms with Crippen LogP contribution in [-0.4, -0.2) is 47.9 Å². The average Bonchev–Trinajstić information content (AvgIpc) is 2.55. The molecule has 0 spiro atoms. The molecule has 0 unspecified atom stereocenters. The number of amides is 1. The summed E-state index contributed by atoms with van der Waals surface area (Å²) < 4.78 is 5.12. The van der Waals surface area contributed by atoms with Crippen molar-refractivity contribution in [2.75, 3.05) is 6.54 Å². The van der Waals surface area contributed by atoms with Crippen LogP contribution in [0.15, 0.2) is 29.3 Å². The number of carboxylic acids is 1. The maximum atomic E-state index is 11.5. The number of ether oxygens (including phenoxy) is 1. The minimum Gasteiger partial charge on any atom is -0.480 e. The van der Waals surface area contributed by atoms with Crippen LogP contribution in [-0.2, 0) is 9.53 Å². The molecule has 1 aromatic rings. The Hall–Kier alpha value is -2.70. The number of hydrogen-bond acceptors (Lipinski definition) is 5. The summed E-state index contributed by atoms with van der Waals surface area (Å²) in [5, 5.41) is 11.9. The number of rotatable bonds is 9. The fraction of sp³-hybridized carbons (Fsp3) is 0.474. The van der Waals surface area contributed by atoms with E-state index in [9.17, 15) is 19.5 Å². The Morgan fingerprint density at radius 1 is 1.19 bits per heavy atom. The number of nitrogens with one attached hydrogen (secondary N) is 1. The van der Waals surface area contributed by atoms with E-state index < -0.39 is 23.7 Å². The Balaban J connectivity index is 2.39. The molecule has 0 radical (unpaired) electrons. The Kier molecular flexibility index (Phi) is 8.48. The van der Waals surface area contributed by atoms with Crippen molar-refractivity contribution >= 4 is 24.6 Å². The van der Waals surface area contributed by atoms with Gasteiger partial charge in [-0.25, -0.2) is 9.59 Å². The summed E-state index contributed by atoms with van der Waals surface area (Å²) in [6.45, 7) is 5.77. The number of benzene rings is 1. The van der Waals surface area contributed by atoms with Gasteiger partial charge in [-0.2, -0.15) is 0 Å². The third-order valence-corrected chi connectivity index (χ3v) is 3.33. The summed E-state index contributed by atoms with van der Waals surface area (Å²) >= 11 is 0. The molecule has 0 aliphatic carbocycles. The summed E-state index contributed by atoms with van der Waals surface area (Å²) in [5.74, 6) is -0.995. The van der Waals surface area contributed by atoms with Gasteiger partial charge in [0.1, 0.15) is 17.9 Å². The van der Waals surface area contributed by atoms with Gasteiger partial charge in [0, 0.05) is 18.3 Å². The van der Waals surface area contributed by atoms with Crippen molar-refractivity contribution in [3.05, 3.63) is 35.4 Å². The molecule has 7 heteroatoms. The van der Waals surface area contributed by atoms with Crippen LogP contribution in [0.2, 0.25) is 0 Å². The summed E-state index contributed by atoms with van der Waals surface area (Å²) in [6, 6.07) is 5.86. The summed E-state index contributed by atoms with van der Waals surface area (Å²) in [4.78, 5) is 37.5. The smallest absolute Gasteiger partial charge is 0.407 e. The first-order valence-electron chi connectivity index (χ1n) is 8.49. The number of carbonyl (C=O) groups excluding carboxylic acids is 2. The second kappa shape index (κ2) is 10.3. The van der Waals surface area contributed by atoms with Crippen molar-refractivity contribution in [3.8, 4) is 0 Å². The Bertz CT molecular complexity index is 632. The molecule has 1 atom stereocenters. The van der Waals surface area contributed by atoms with E-state index in [0.29, 0.717) is 31.4 Å². The zero-order valence-electron chi connectivity index (χ0n) is 15.4. The van der Waals surface area contributed by atoms with Crippen molar-refractivity contribution in [1.29, 1.82) is 0 Å². The van der Waals surface area contributed by atoms with Gasteiger partial charge in [-0.3, -0.25) is 9.79 Å². The maximum Gasteiger partial charge on any atom is 0.407 e. The van der Waals surface area contributed by atoms with Crippen molar-refractivity contribution in [3.63, 3.8) is 0 Å². The van der Waals surface area contributed by atoms with Crippen molar-refractivity contribution in [2.45, 2.75) is 51.7 Å². The van der Waals surface area contributed by atoms with Gasteiger partial charge in [-0.15, -0.1) is 0 Å². The van der Waals surface area contributed by atoms with Crippen LogP contribution >= 0.6 is 0 Å². The lowest BCUT2D eigenvalue weighted by atomic mass is 10.1. The molecule has 1 amide bonds. The predicted octanol–water partition coefficient (Wildman–Crippen LogP) is 3.07. The van der Waals surface area contributed by atoms with E-state index in [4.69, 9.17) is 4.74 Å². The van der Waals surface area contributed by atoms with Crippen LogP contribution in [0.4, 0.5) is 4.79 Å². The minimum atomic E-state index is -0.995. The number of nitrogens with zero attached hydrogens (tertiary/aromatic N) is 1. The predicted molar refractivity (Wildman–Crippen MR) is 98.9 cm³/mol. The lowest BCUT2D eigenvalue weighted by Gasteiger charge is -2.19. The summed E-state index contributed by atoms with van der Waals surface area (Å²) in [5.41, 5.74) is 0.736.